The lowest BCUT2D eigenvalue weighted by molar-refractivity contribution is 0.0931. The number of ether oxygens (including phenoxy) is 1. The second-order valence-electron chi connectivity index (χ2n) is 5.12. The maximum atomic E-state index is 6.10. The molecule has 18 heavy (non-hydrogen) atoms. The van der Waals surface area contributed by atoms with Gasteiger partial charge < -0.3 is 10.5 Å². The third-order valence-electron chi connectivity index (χ3n) is 3.70. The zero-order valence-electron chi connectivity index (χ0n) is 11.8. The molecule has 0 amide bonds. The van der Waals surface area contributed by atoms with E-state index in [0.29, 0.717) is 6.10 Å². The molecule has 1 aromatic heterocycles. The first-order chi connectivity index (χ1) is 8.67. The Morgan fingerprint density at radius 2 is 2.22 bits per heavy atom. The average Bonchev–Trinajstić information content (AvgIpc) is 2.96. The van der Waals surface area contributed by atoms with Crippen LogP contribution in [-0.2, 0) is 24.1 Å². The molecule has 2 N–H and O–H groups in total. The fraction of sp³-hybridized carbons (Fsp3) is 0.786. The first kappa shape index (κ1) is 13.6. The number of rotatable bonds is 5. The molecule has 2 unspecified atom stereocenters. The highest BCUT2D eigenvalue weighted by molar-refractivity contribution is 5.29. The Bertz CT molecular complexity index is 392. The van der Waals surface area contributed by atoms with E-state index in [1.54, 1.807) is 0 Å². The van der Waals surface area contributed by atoms with Crippen LogP contribution in [0.15, 0.2) is 0 Å². The van der Waals surface area contributed by atoms with Gasteiger partial charge in [0.15, 0.2) is 0 Å². The third-order valence-corrected chi connectivity index (χ3v) is 3.70. The molecule has 4 nitrogen and oxygen atoms in total. The van der Waals surface area contributed by atoms with Crippen molar-refractivity contribution in [3.05, 3.63) is 17.0 Å². The highest BCUT2D eigenvalue weighted by Gasteiger charge is 2.22. The monoisotopic (exact) mass is 251 g/mol. The van der Waals surface area contributed by atoms with Crippen molar-refractivity contribution >= 4 is 0 Å². The molecule has 4 heteroatoms. The smallest absolute Gasteiger partial charge is 0.0771 e. The number of hydrogen-bond donors (Lipinski definition) is 1. The van der Waals surface area contributed by atoms with Crippen LogP contribution in [0.4, 0.5) is 0 Å². The van der Waals surface area contributed by atoms with E-state index in [-0.39, 0.29) is 6.04 Å². The van der Waals surface area contributed by atoms with Crippen LogP contribution in [0.5, 0.6) is 0 Å². The number of hydrogen-bond acceptors (Lipinski definition) is 3. The predicted octanol–water partition coefficient (Wildman–Crippen LogP) is 2.21. The minimum absolute atomic E-state index is 0.0631. The van der Waals surface area contributed by atoms with Gasteiger partial charge in [-0.3, -0.25) is 4.68 Å². The fourth-order valence-electron chi connectivity index (χ4n) is 2.86. The van der Waals surface area contributed by atoms with E-state index in [9.17, 15) is 0 Å². The van der Waals surface area contributed by atoms with Gasteiger partial charge in [-0.2, -0.15) is 5.10 Å². The van der Waals surface area contributed by atoms with Crippen molar-refractivity contribution in [2.24, 2.45) is 5.73 Å². The first-order valence-corrected chi connectivity index (χ1v) is 7.12. The van der Waals surface area contributed by atoms with Crippen molar-refractivity contribution < 1.29 is 4.74 Å². The van der Waals surface area contributed by atoms with Gasteiger partial charge in [-0.1, -0.05) is 13.8 Å². The van der Waals surface area contributed by atoms with Crippen molar-refractivity contribution in [2.75, 3.05) is 6.61 Å². The van der Waals surface area contributed by atoms with Gasteiger partial charge in [0.25, 0.3) is 0 Å². The molecule has 1 aromatic rings. The lowest BCUT2D eigenvalue weighted by atomic mass is 10.0. The zero-order valence-corrected chi connectivity index (χ0v) is 11.8. The maximum absolute atomic E-state index is 6.10. The maximum Gasteiger partial charge on any atom is 0.0771 e. The minimum Gasteiger partial charge on any atom is -0.376 e. The van der Waals surface area contributed by atoms with Crippen molar-refractivity contribution in [3.63, 3.8) is 0 Å². The molecule has 0 saturated carbocycles. The average molecular weight is 251 g/mol. The third kappa shape index (κ3) is 2.59. The second kappa shape index (κ2) is 5.85. The standard InChI is InChI=1S/C14H25N3O/c1-4-12-14(10(3)15)13(5-2)17(16-12)9-11-7-6-8-18-11/h10-11H,4-9,15H2,1-3H3. The van der Waals surface area contributed by atoms with Crippen molar-refractivity contribution in [1.29, 1.82) is 0 Å². The lowest BCUT2D eigenvalue weighted by Crippen LogP contribution is -2.18. The Kier molecular flexibility index (Phi) is 4.40. The van der Waals surface area contributed by atoms with Gasteiger partial charge in [0, 0.05) is 23.9 Å². The van der Waals surface area contributed by atoms with E-state index >= 15 is 0 Å². The highest BCUT2D eigenvalue weighted by atomic mass is 16.5. The molecule has 0 radical (unpaired) electrons. The summed E-state index contributed by atoms with van der Waals surface area (Å²) in [6.07, 6.45) is 4.59. The Balaban J connectivity index is 2.28. The SMILES string of the molecule is CCc1nn(CC2CCCO2)c(CC)c1C(C)N. The Labute approximate surface area is 110 Å². The summed E-state index contributed by atoms with van der Waals surface area (Å²) in [5.74, 6) is 0. The Morgan fingerprint density at radius 3 is 2.72 bits per heavy atom. The van der Waals surface area contributed by atoms with Crippen molar-refractivity contribution in [1.82, 2.24) is 9.78 Å². The summed E-state index contributed by atoms with van der Waals surface area (Å²) in [4.78, 5) is 0. The van der Waals surface area contributed by atoms with Crippen LogP contribution in [0.2, 0.25) is 0 Å². The Hall–Kier alpha value is -0.870. The molecule has 1 aliphatic heterocycles. The lowest BCUT2D eigenvalue weighted by Gasteiger charge is -2.13. The summed E-state index contributed by atoms with van der Waals surface area (Å²) in [7, 11) is 0. The molecule has 1 aliphatic rings. The number of nitrogens with zero attached hydrogens (tertiary/aromatic N) is 2. The molecule has 2 heterocycles. The minimum atomic E-state index is 0.0631. The molecule has 1 saturated heterocycles. The summed E-state index contributed by atoms with van der Waals surface area (Å²) in [6, 6.07) is 0.0631. The van der Waals surface area contributed by atoms with Gasteiger partial charge in [0.1, 0.15) is 0 Å². The summed E-state index contributed by atoms with van der Waals surface area (Å²) < 4.78 is 7.84. The van der Waals surface area contributed by atoms with E-state index in [1.807, 2.05) is 6.92 Å². The molecule has 2 rings (SSSR count). The topological polar surface area (TPSA) is 53.1 Å². The summed E-state index contributed by atoms with van der Waals surface area (Å²) >= 11 is 0. The van der Waals surface area contributed by atoms with Crippen molar-refractivity contribution in [2.45, 2.75) is 65.1 Å². The van der Waals surface area contributed by atoms with Crippen LogP contribution >= 0.6 is 0 Å². The number of aryl methyl sites for hydroxylation is 1. The van der Waals surface area contributed by atoms with Crippen LogP contribution in [0.3, 0.4) is 0 Å². The summed E-state index contributed by atoms with van der Waals surface area (Å²) in [5.41, 5.74) is 9.79. The van der Waals surface area contributed by atoms with E-state index in [0.717, 1.165) is 38.1 Å². The van der Waals surface area contributed by atoms with Crippen LogP contribution in [-0.4, -0.2) is 22.5 Å². The van der Waals surface area contributed by atoms with E-state index < -0.39 is 0 Å². The largest absolute Gasteiger partial charge is 0.376 e. The molecule has 0 spiro atoms. The predicted molar refractivity (Wildman–Crippen MR) is 72.6 cm³/mol. The van der Waals surface area contributed by atoms with Crippen LogP contribution < -0.4 is 5.73 Å². The summed E-state index contributed by atoms with van der Waals surface area (Å²) in [6.45, 7) is 8.14. The van der Waals surface area contributed by atoms with Crippen LogP contribution in [0.25, 0.3) is 0 Å². The molecule has 0 aromatic carbocycles. The quantitative estimate of drug-likeness (QED) is 0.873. The molecule has 2 atom stereocenters. The first-order valence-electron chi connectivity index (χ1n) is 7.12. The van der Waals surface area contributed by atoms with Crippen LogP contribution in [0, 0.1) is 0 Å². The molecular formula is C14H25N3O. The molecule has 1 fully saturated rings. The molecular weight excluding hydrogens is 226 g/mol. The van der Waals surface area contributed by atoms with Gasteiger partial charge in [-0.05, 0) is 32.6 Å². The van der Waals surface area contributed by atoms with Crippen LogP contribution in [0.1, 0.15) is 56.6 Å². The van der Waals surface area contributed by atoms with E-state index in [4.69, 9.17) is 15.6 Å². The molecule has 102 valence electrons. The zero-order chi connectivity index (χ0) is 13.1. The van der Waals surface area contributed by atoms with E-state index in [1.165, 1.54) is 17.7 Å². The van der Waals surface area contributed by atoms with Gasteiger partial charge >= 0.3 is 0 Å². The molecule has 0 bridgehead atoms. The number of nitrogens with two attached hydrogens (primary N) is 1. The van der Waals surface area contributed by atoms with E-state index in [2.05, 4.69) is 18.5 Å². The normalized spacial score (nSPS) is 21.4. The van der Waals surface area contributed by atoms with Crippen molar-refractivity contribution in [3.8, 4) is 0 Å². The van der Waals surface area contributed by atoms with Gasteiger partial charge in [0.05, 0.1) is 18.3 Å². The van der Waals surface area contributed by atoms with Gasteiger partial charge in [-0.15, -0.1) is 0 Å². The van der Waals surface area contributed by atoms with Gasteiger partial charge in [0.2, 0.25) is 0 Å². The van der Waals surface area contributed by atoms with Gasteiger partial charge in [-0.25, -0.2) is 0 Å². The Morgan fingerprint density at radius 1 is 1.44 bits per heavy atom. The fourth-order valence-corrected chi connectivity index (χ4v) is 2.86. The summed E-state index contributed by atoms with van der Waals surface area (Å²) in [5, 5.41) is 4.74. The molecule has 0 aliphatic carbocycles. The second-order valence-corrected chi connectivity index (χ2v) is 5.12. The number of aromatic nitrogens is 2. The highest BCUT2D eigenvalue weighted by Crippen LogP contribution is 2.24.